The molecule has 0 aromatic heterocycles. The smallest absolute Gasteiger partial charge is 0.254 e. The number of amides is 1. The molecule has 1 heterocycles. The molecule has 0 aliphatic carbocycles. The highest BCUT2D eigenvalue weighted by molar-refractivity contribution is 6.17. The first kappa shape index (κ1) is 13.4. The zero-order valence-electron chi connectivity index (χ0n) is 10.3. The van der Waals surface area contributed by atoms with E-state index in [1.54, 1.807) is 4.90 Å². The molecule has 1 amide bonds. The Morgan fingerprint density at radius 2 is 2.06 bits per heavy atom. The summed E-state index contributed by atoms with van der Waals surface area (Å²) in [5.74, 6) is 0.465. The second-order valence-electron chi connectivity index (χ2n) is 4.66. The van der Waals surface area contributed by atoms with E-state index in [-0.39, 0.29) is 18.6 Å². The summed E-state index contributed by atoms with van der Waals surface area (Å²) in [4.78, 5) is 14.1. The monoisotopic (exact) mass is 267 g/mol. The topological polar surface area (TPSA) is 40.5 Å². The van der Waals surface area contributed by atoms with Crippen LogP contribution in [0.4, 0.5) is 0 Å². The van der Waals surface area contributed by atoms with Gasteiger partial charge in [0.1, 0.15) is 0 Å². The van der Waals surface area contributed by atoms with Crippen molar-refractivity contribution in [3.05, 3.63) is 35.4 Å². The number of aliphatic hydroxyl groups excluding tert-OH is 1. The summed E-state index contributed by atoms with van der Waals surface area (Å²) < 4.78 is 0. The third-order valence-corrected chi connectivity index (χ3v) is 3.76. The number of halogens is 1. The van der Waals surface area contributed by atoms with Crippen LogP contribution in [0.25, 0.3) is 0 Å². The highest BCUT2D eigenvalue weighted by Gasteiger charge is 2.26. The summed E-state index contributed by atoms with van der Waals surface area (Å²) in [7, 11) is 0. The van der Waals surface area contributed by atoms with Crippen LogP contribution in [0, 0.1) is 0 Å². The summed E-state index contributed by atoms with van der Waals surface area (Å²) >= 11 is 5.72. The maximum Gasteiger partial charge on any atom is 0.254 e. The lowest BCUT2D eigenvalue weighted by Gasteiger charge is -2.34. The molecule has 2 rings (SSSR count). The van der Waals surface area contributed by atoms with Crippen LogP contribution in [-0.2, 0) is 5.88 Å². The molecular formula is C14H18ClNO2. The van der Waals surface area contributed by atoms with Crippen LogP contribution in [-0.4, -0.2) is 35.1 Å². The Labute approximate surface area is 112 Å². The van der Waals surface area contributed by atoms with Crippen LogP contribution < -0.4 is 0 Å². The molecule has 3 nitrogen and oxygen atoms in total. The van der Waals surface area contributed by atoms with E-state index in [0.29, 0.717) is 11.4 Å². The van der Waals surface area contributed by atoms with Crippen molar-refractivity contribution in [3.8, 4) is 0 Å². The highest BCUT2D eigenvalue weighted by Crippen LogP contribution is 2.19. The molecule has 1 aromatic carbocycles. The van der Waals surface area contributed by atoms with Crippen LogP contribution in [0.15, 0.2) is 24.3 Å². The predicted octanol–water partition coefficient (Wildman–Crippen LogP) is 2.41. The van der Waals surface area contributed by atoms with Gasteiger partial charge in [-0.2, -0.15) is 0 Å². The van der Waals surface area contributed by atoms with Gasteiger partial charge < -0.3 is 10.0 Å². The fourth-order valence-corrected chi connectivity index (χ4v) is 2.54. The number of benzene rings is 1. The number of piperidine rings is 1. The van der Waals surface area contributed by atoms with Gasteiger partial charge >= 0.3 is 0 Å². The van der Waals surface area contributed by atoms with Gasteiger partial charge in [0.05, 0.1) is 12.6 Å². The number of carbonyl (C=O) groups excluding carboxylic acids is 1. The summed E-state index contributed by atoms with van der Waals surface area (Å²) in [6, 6.07) is 7.33. The highest BCUT2D eigenvalue weighted by atomic mass is 35.5. The van der Waals surface area contributed by atoms with E-state index in [4.69, 9.17) is 11.6 Å². The SMILES string of the molecule is O=C(c1ccc(CCl)cc1)N1CCCCC1CO. The molecule has 1 aromatic rings. The minimum Gasteiger partial charge on any atom is -0.394 e. The van der Waals surface area contributed by atoms with E-state index in [9.17, 15) is 9.90 Å². The van der Waals surface area contributed by atoms with E-state index in [2.05, 4.69) is 0 Å². The van der Waals surface area contributed by atoms with E-state index in [0.717, 1.165) is 31.4 Å². The Balaban J connectivity index is 2.13. The maximum absolute atomic E-state index is 12.4. The molecule has 1 N–H and O–H groups in total. The molecule has 98 valence electrons. The third-order valence-electron chi connectivity index (χ3n) is 3.45. The number of alkyl halides is 1. The Morgan fingerprint density at radius 1 is 1.33 bits per heavy atom. The van der Waals surface area contributed by atoms with Crippen LogP contribution >= 0.6 is 11.6 Å². The summed E-state index contributed by atoms with van der Waals surface area (Å²) in [5.41, 5.74) is 1.68. The second kappa shape index (κ2) is 6.21. The minimum absolute atomic E-state index is 0.00914. The quantitative estimate of drug-likeness (QED) is 0.855. The number of rotatable bonds is 3. The van der Waals surface area contributed by atoms with Gasteiger partial charge in [-0.05, 0) is 37.0 Å². The van der Waals surface area contributed by atoms with Crippen molar-refractivity contribution < 1.29 is 9.90 Å². The van der Waals surface area contributed by atoms with Gasteiger partial charge in [0.15, 0.2) is 0 Å². The lowest BCUT2D eigenvalue weighted by Crippen LogP contribution is -2.45. The first-order valence-electron chi connectivity index (χ1n) is 6.33. The van der Waals surface area contributed by atoms with Gasteiger partial charge in [-0.25, -0.2) is 0 Å². The van der Waals surface area contributed by atoms with Crippen LogP contribution in [0.5, 0.6) is 0 Å². The van der Waals surface area contributed by atoms with Gasteiger partial charge in [0, 0.05) is 18.0 Å². The maximum atomic E-state index is 12.4. The number of hydrogen-bond acceptors (Lipinski definition) is 2. The van der Waals surface area contributed by atoms with E-state index in [1.807, 2.05) is 24.3 Å². The molecule has 4 heteroatoms. The zero-order valence-corrected chi connectivity index (χ0v) is 11.1. The first-order chi connectivity index (χ1) is 8.76. The molecule has 1 aliphatic rings. The number of hydrogen-bond donors (Lipinski definition) is 1. The van der Waals surface area contributed by atoms with E-state index < -0.39 is 0 Å². The lowest BCUT2D eigenvalue weighted by molar-refractivity contribution is 0.0503. The van der Waals surface area contributed by atoms with Crippen molar-refractivity contribution in [1.82, 2.24) is 4.90 Å². The standard InChI is InChI=1S/C14H18ClNO2/c15-9-11-4-6-12(7-5-11)14(18)16-8-2-1-3-13(16)10-17/h4-7,13,17H,1-3,8-10H2. The molecule has 1 saturated heterocycles. The van der Waals surface area contributed by atoms with Crippen molar-refractivity contribution in [2.75, 3.05) is 13.2 Å². The van der Waals surface area contributed by atoms with Crippen molar-refractivity contribution >= 4 is 17.5 Å². The van der Waals surface area contributed by atoms with Crippen LogP contribution in [0.1, 0.15) is 35.2 Å². The van der Waals surface area contributed by atoms with E-state index >= 15 is 0 Å². The lowest BCUT2D eigenvalue weighted by atomic mass is 10.0. The van der Waals surface area contributed by atoms with Crippen molar-refractivity contribution in [2.45, 2.75) is 31.2 Å². The van der Waals surface area contributed by atoms with Crippen molar-refractivity contribution in [1.29, 1.82) is 0 Å². The summed E-state index contributed by atoms with van der Waals surface area (Å²) in [6.07, 6.45) is 2.99. The predicted molar refractivity (Wildman–Crippen MR) is 71.8 cm³/mol. The Morgan fingerprint density at radius 3 is 2.67 bits per heavy atom. The van der Waals surface area contributed by atoms with Crippen LogP contribution in [0.2, 0.25) is 0 Å². The molecule has 1 atom stereocenters. The average Bonchev–Trinajstić information content (AvgIpc) is 2.46. The Bertz CT molecular complexity index is 405. The fraction of sp³-hybridized carbons (Fsp3) is 0.500. The van der Waals surface area contributed by atoms with Gasteiger partial charge in [-0.3, -0.25) is 4.79 Å². The Kier molecular flexibility index (Phi) is 4.61. The van der Waals surface area contributed by atoms with Crippen molar-refractivity contribution in [3.63, 3.8) is 0 Å². The number of likely N-dealkylation sites (tertiary alicyclic amines) is 1. The van der Waals surface area contributed by atoms with Gasteiger partial charge in [-0.15, -0.1) is 11.6 Å². The second-order valence-corrected chi connectivity index (χ2v) is 4.93. The van der Waals surface area contributed by atoms with Crippen LogP contribution in [0.3, 0.4) is 0 Å². The molecular weight excluding hydrogens is 250 g/mol. The zero-order chi connectivity index (χ0) is 13.0. The number of nitrogens with zero attached hydrogens (tertiary/aromatic N) is 1. The normalized spacial score (nSPS) is 19.9. The molecule has 0 radical (unpaired) electrons. The van der Waals surface area contributed by atoms with Crippen molar-refractivity contribution in [2.24, 2.45) is 0 Å². The van der Waals surface area contributed by atoms with Gasteiger partial charge in [0.2, 0.25) is 0 Å². The average molecular weight is 268 g/mol. The fourth-order valence-electron chi connectivity index (χ4n) is 2.36. The molecule has 18 heavy (non-hydrogen) atoms. The number of carbonyl (C=O) groups is 1. The Hall–Kier alpha value is -1.06. The molecule has 1 unspecified atom stereocenters. The molecule has 1 aliphatic heterocycles. The molecule has 1 fully saturated rings. The summed E-state index contributed by atoms with van der Waals surface area (Å²) in [6.45, 7) is 0.785. The first-order valence-corrected chi connectivity index (χ1v) is 6.86. The number of aliphatic hydroxyl groups is 1. The molecule has 0 bridgehead atoms. The largest absolute Gasteiger partial charge is 0.394 e. The molecule has 0 saturated carbocycles. The molecule has 0 spiro atoms. The van der Waals surface area contributed by atoms with Gasteiger partial charge in [-0.1, -0.05) is 12.1 Å². The van der Waals surface area contributed by atoms with Gasteiger partial charge in [0.25, 0.3) is 5.91 Å². The van der Waals surface area contributed by atoms with E-state index in [1.165, 1.54) is 0 Å². The summed E-state index contributed by atoms with van der Waals surface area (Å²) in [5, 5.41) is 9.33. The minimum atomic E-state index is -0.0287. The third kappa shape index (κ3) is 2.85.